The number of nitrogen functional groups attached to an aromatic ring is 1. The van der Waals surface area contributed by atoms with Crippen LogP contribution in [-0.4, -0.2) is 103 Å². The van der Waals surface area contributed by atoms with Crippen molar-refractivity contribution in [2.24, 2.45) is 12.8 Å². The molecule has 0 aliphatic carbocycles. The lowest BCUT2D eigenvalue weighted by atomic mass is 10.1. The van der Waals surface area contributed by atoms with Crippen LogP contribution >= 0.6 is 35.1 Å². The molecule has 0 radical (unpaired) electrons. The third-order valence-electron chi connectivity index (χ3n) is 5.71. The van der Waals surface area contributed by atoms with Crippen LogP contribution in [0.2, 0.25) is 0 Å². The van der Waals surface area contributed by atoms with E-state index in [-0.39, 0.29) is 41.2 Å². The Hall–Kier alpha value is -4.02. The average Bonchev–Trinajstić information content (AvgIpc) is 3.54. The zero-order valence-electron chi connectivity index (χ0n) is 21.0. The van der Waals surface area contributed by atoms with E-state index in [2.05, 4.69) is 35.5 Å². The number of carbonyl (C=O) groups is 5. The Bertz CT molecular complexity index is 1400. The van der Waals surface area contributed by atoms with E-state index in [0.717, 1.165) is 16.4 Å². The normalized spacial score (nSPS) is 19.6. The number of β-lactam (4-membered cyclic amide) rings is 1. The first-order valence-electron chi connectivity index (χ1n) is 11.6. The molecule has 0 unspecified atom stereocenters. The number of aromatic nitrogens is 6. The molecule has 8 N–H and O–H groups in total. The van der Waals surface area contributed by atoms with Crippen LogP contribution in [0.4, 0.5) is 9.93 Å². The number of nitrogens with one attached hydrogen (secondary N) is 2. The molecule has 1 fully saturated rings. The minimum Gasteiger partial charge on any atom is -0.480 e. The fourth-order valence-corrected chi connectivity index (χ4v) is 6.46. The van der Waals surface area contributed by atoms with Crippen LogP contribution in [0.25, 0.3) is 0 Å². The number of tetrazole rings is 1. The largest absolute Gasteiger partial charge is 0.512 e. The number of carbonyl (C=O) groups excluding carboxylic acids is 3. The Morgan fingerprint density at radius 2 is 2.05 bits per heavy atom. The Balaban J connectivity index is 1.46. The van der Waals surface area contributed by atoms with Gasteiger partial charge in [-0.05, 0) is 16.8 Å². The summed E-state index contributed by atoms with van der Waals surface area (Å²) >= 11 is 3.27. The van der Waals surface area contributed by atoms with Crippen LogP contribution in [0.3, 0.4) is 0 Å². The summed E-state index contributed by atoms with van der Waals surface area (Å²) in [7, 11) is 1.64. The summed E-state index contributed by atoms with van der Waals surface area (Å²) in [6, 6.07) is -3.82. The third-order valence-corrected chi connectivity index (χ3v) is 8.71. The fourth-order valence-electron chi connectivity index (χ4n) is 3.70. The summed E-state index contributed by atoms with van der Waals surface area (Å²) in [4.78, 5) is 66.3. The van der Waals surface area contributed by atoms with Crippen molar-refractivity contribution in [1.29, 1.82) is 0 Å². The molecule has 2 aromatic rings. The molecule has 2 aromatic heterocycles. The van der Waals surface area contributed by atoms with Crippen LogP contribution in [-0.2, 0) is 31.0 Å². The van der Waals surface area contributed by atoms with E-state index in [1.807, 2.05) is 0 Å². The second kappa shape index (κ2) is 12.7. The first kappa shape index (κ1) is 30.0. The molecule has 220 valence electrons. The molecule has 2 aliphatic rings. The van der Waals surface area contributed by atoms with Crippen LogP contribution in [0, 0.1) is 0 Å². The van der Waals surface area contributed by atoms with Crippen molar-refractivity contribution >= 4 is 70.0 Å². The molecule has 3 amide bonds. The number of carboxylic acids is 1. The average molecular weight is 630 g/mol. The maximum Gasteiger partial charge on any atom is 0.512 e. The molecule has 0 aromatic carbocycles. The molecule has 0 spiro atoms. The van der Waals surface area contributed by atoms with Gasteiger partial charge in [-0.15, -0.1) is 16.9 Å². The van der Waals surface area contributed by atoms with E-state index < -0.39 is 53.3 Å². The number of hydrogen-bond acceptors (Lipinski definition) is 16. The van der Waals surface area contributed by atoms with Gasteiger partial charge in [0, 0.05) is 42.1 Å². The van der Waals surface area contributed by atoms with Crippen LogP contribution in [0.15, 0.2) is 16.6 Å². The zero-order chi connectivity index (χ0) is 29.8. The number of hydrogen-bond donors (Lipinski definition) is 6. The lowest BCUT2D eigenvalue weighted by Gasteiger charge is -2.49. The van der Waals surface area contributed by atoms with E-state index in [9.17, 15) is 29.1 Å². The maximum atomic E-state index is 13.2. The van der Waals surface area contributed by atoms with Crippen LogP contribution in [0.5, 0.6) is 0 Å². The highest BCUT2D eigenvalue weighted by molar-refractivity contribution is 8.01. The van der Waals surface area contributed by atoms with E-state index in [1.165, 1.54) is 28.2 Å². The van der Waals surface area contributed by atoms with Crippen molar-refractivity contribution < 1.29 is 38.9 Å². The van der Waals surface area contributed by atoms with Gasteiger partial charge >= 0.3 is 12.1 Å². The fraction of sp³-hybridized carbons (Fsp3) is 0.474. The summed E-state index contributed by atoms with van der Waals surface area (Å²) < 4.78 is 10.4. The summed E-state index contributed by atoms with van der Waals surface area (Å²) in [6.45, 7) is 0. The van der Waals surface area contributed by atoms with Crippen molar-refractivity contribution in [3.8, 4) is 0 Å². The van der Waals surface area contributed by atoms with Crippen molar-refractivity contribution in [1.82, 2.24) is 45.1 Å². The highest BCUT2D eigenvalue weighted by Crippen LogP contribution is 2.42. The van der Waals surface area contributed by atoms with Crippen molar-refractivity contribution in [3.63, 3.8) is 0 Å². The molecular formula is C19H23N11O8S3. The third kappa shape index (κ3) is 6.83. The Kier molecular flexibility index (Phi) is 9.25. The highest BCUT2D eigenvalue weighted by atomic mass is 32.2. The van der Waals surface area contributed by atoms with Gasteiger partial charge < -0.3 is 37.1 Å². The van der Waals surface area contributed by atoms with E-state index in [1.54, 1.807) is 7.05 Å². The number of nitrogens with zero attached hydrogens (tertiary/aromatic N) is 7. The lowest BCUT2D eigenvalue weighted by molar-refractivity contribution is -0.149. The molecule has 19 nitrogen and oxygen atoms in total. The standard InChI is InChI=1S/C19H23N11O8S3/c1-29-18(25-27-28-29)40-5-6-4-39-15-10(13(33)30(15)14(6)38-19(36)37)23-12(32)9(11-24-17(21)41-26-11)22-8(31)3-2-7(20)16(34)35/h7,9-10,15H,2-5,20H2,1H3,(H,22,31)(H,23,32)(H,34,35)(H,36,37)(H2,21,24,26)/t7-,9+,10-,15+/m1/s1. The number of fused-ring (bicyclic) bond motifs is 1. The number of aliphatic carboxylic acids is 1. The topological polar surface area (TPSA) is 284 Å². The first-order valence-corrected chi connectivity index (χ1v) is 14.4. The number of rotatable bonds is 12. The number of aryl methyl sites for hydroxylation is 1. The Labute approximate surface area is 242 Å². The molecule has 0 saturated carbocycles. The van der Waals surface area contributed by atoms with Gasteiger partial charge in [0.2, 0.25) is 16.9 Å². The van der Waals surface area contributed by atoms with Crippen molar-refractivity contribution in [2.45, 2.75) is 41.5 Å². The summed E-state index contributed by atoms with van der Waals surface area (Å²) in [6.07, 6.45) is -2.12. The molecule has 41 heavy (non-hydrogen) atoms. The van der Waals surface area contributed by atoms with Gasteiger partial charge in [-0.2, -0.15) is 4.37 Å². The van der Waals surface area contributed by atoms with Gasteiger partial charge in [0.25, 0.3) is 11.8 Å². The van der Waals surface area contributed by atoms with E-state index in [4.69, 9.17) is 21.3 Å². The van der Waals surface area contributed by atoms with Crippen LogP contribution in [0.1, 0.15) is 24.7 Å². The molecule has 22 heteroatoms. The number of thioether (sulfide) groups is 2. The SMILES string of the molecule is Cn1nnnc1SCC1=C(OC(=O)O)N2C(=O)[C@@H](NC(=O)[C@@H](NC(=O)CC[C@@H](N)C(=O)O)c3nsc(N)n3)[C@@H]2SC1. The van der Waals surface area contributed by atoms with Gasteiger partial charge in [-0.25, -0.2) is 14.5 Å². The molecule has 4 atom stereocenters. The molecule has 4 rings (SSSR count). The number of amides is 3. The summed E-state index contributed by atoms with van der Waals surface area (Å²) in [5.74, 6) is -3.25. The van der Waals surface area contributed by atoms with Gasteiger partial charge in [0.1, 0.15) is 17.5 Å². The van der Waals surface area contributed by atoms with Gasteiger partial charge in [0.15, 0.2) is 17.0 Å². The minimum absolute atomic E-state index is 0.0248. The Morgan fingerprint density at radius 3 is 2.66 bits per heavy atom. The van der Waals surface area contributed by atoms with Gasteiger partial charge in [0.05, 0.1) is 0 Å². The zero-order valence-corrected chi connectivity index (χ0v) is 23.4. The lowest BCUT2D eigenvalue weighted by Crippen LogP contribution is -2.70. The van der Waals surface area contributed by atoms with Crippen molar-refractivity contribution in [3.05, 3.63) is 17.3 Å². The smallest absolute Gasteiger partial charge is 0.480 e. The number of ether oxygens (including phenoxy) is 1. The predicted octanol–water partition coefficient (Wildman–Crippen LogP) is -1.91. The molecule has 2 aliphatic heterocycles. The highest BCUT2D eigenvalue weighted by Gasteiger charge is 2.54. The number of nitrogens with two attached hydrogens (primary N) is 2. The molecule has 1 saturated heterocycles. The molecule has 0 bridgehead atoms. The van der Waals surface area contributed by atoms with Crippen LogP contribution < -0.4 is 22.1 Å². The van der Waals surface area contributed by atoms with Crippen molar-refractivity contribution in [2.75, 3.05) is 17.2 Å². The summed E-state index contributed by atoms with van der Waals surface area (Å²) in [5, 5.41) is 34.1. The second-order valence-corrected chi connectivity index (χ2v) is 11.4. The predicted molar refractivity (Wildman–Crippen MR) is 141 cm³/mol. The molecular weight excluding hydrogens is 606 g/mol. The first-order chi connectivity index (χ1) is 19.5. The number of anilines is 1. The molecule has 4 heterocycles. The maximum absolute atomic E-state index is 13.2. The minimum atomic E-state index is -1.62. The van der Waals surface area contributed by atoms with Gasteiger partial charge in [-0.1, -0.05) is 11.8 Å². The van der Waals surface area contributed by atoms with E-state index in [0.29, 0.717) is 10.7 Å². The quantitative estimate of drug-likeness (QED) is 0.0848. The van der Waals surface area contributed by atoms with Gasteiger partial charge in [-0.3, -0.25) is 24.1 Å². The Morgan fingerprint density at radius 1 is 1.29 bits per heavy atom. The van der Waals surface area contributed by atoms with E-state index >= 15 is 0 Å². The summed E-state index contributed by atoms with van der Waals surface area (Å²) in [5.41, 5.74) is 11.6. The number of carboxylic acid groups (broad SMARTS) is 2. The second-order valence-electron chi connectivity index (χ2n) is 8.52. The monoisotopic (exact) mass is 629 g/mol.